The fourth-order valence-corrected chi connectivity index (χ4v) is 2.93. The second-order valence-electron chi connectivity index (χ2n) is 6.25. The zero-order chi connectivity index (χ0) is 17.9. The molecule has 0 aliphatic heterocycles. The fraction of sp³-hybridized carbons (Fsp3) is 0.353. The third-order valence-corrected chi connectivity index (χ3v) is 4.55. The molecule has 0 atom stereocenters. The topological polar surface area (TPSA) is 84.5 Å². The number of amides is 3. The number of hydrogen-bond donors (Lipinski definition) is 2. The minimum Gasteiger partial charge on any atom is -0.483 e. The predicted octanol–water partition coefficient (Wildman–Crippen LogP) is 2.96. The molecule has 6 nitrogen and oxygen atoms in total. The maximum absolute atomic E-state index is 12.3. The average Bonchev–Trinajstić information content (AvgIpc) is 2.90. The molecule has 1 heterocycles. The van der Waals surface area contributed by atoms with Crippen LogP contribution in [0, 0.1) is 5.41 Å². The van der Waals surface area contributed by atoms with Crippen molar-refractivity contribution in [2.75, 3.05) is 13.7 Å². The minimum atomic E-state index is -0.603. The molecular weight excluding hydrogens is 328 g/mol. The Hall–Kier alpha value is -2.41. The van der Waals surface area contributed by atoms with Gasteiger partial charge in [0.25, 0.3) is 5.91 Å². The highest BCUT2D eigenvalue weighted by Crippen LogP contribution is 2.38. The molecule has 2 rings (SSSR count). The van der Waals surface area contributed by atoms with Crippen LogP contribution in [0.4, 0.5) is 4.79 Å². The molecule has 0 aliphatic rings. The van der Waals surface area contributed by atoms with Gasteiger partial charge in [-0.2, -0.15) is 0 Å². The number of Topliss-reactive ketones (excluding diaryl/α,β-unsaturated/α-hetero) is 1. The summed E-state index contributed by atoms with van der Waals surface area (Å²) in [4.78, 5) is 36.1. The Bertz CT molecular complexity index is 789. The van der Waals surface area contributed by atoms with Crippen LogP contribution < -0.4 is 15.4 Å². The number of thiophene rings is 1. The van der Waals surface area contributed by atoms with Crippen LogP contribution in [-0.4, -0.2) is 31.4 Å². The number of carbonyl (C=O) groups excluding carboxylic acids is 3. The largest absolute Gasteiger partial charge is 0.483 e. The smallest absolute Gasteiger partial charge is 0.321 e. The van der Waals surface area contributed by atoms with Crippen LogP contribution in [0.2, 0.25) is 0 Å². The number of ketones is 1. The molecule has 3 amide bonds. The maximum Gasteiger partial charge on any atom is 0.321 e. The molecule has 128 valence electrons. The van der Waals surface area contributed by atoms with Crippen LogP contribution in [-0.2, 0) is 4.79 Å². The number of fused-ring (bicyclic) bond motifs is 1. The molecule has 0 radical (unpaired) electrons. The summed E-state index contributed by atoms with van der Waals surface area (Å²) in [7, 11) is 1.42. The summed E-state index contributed by atoms with van der Waals surface area (Å²) in [5.74, 6) is -0.307. The van der Waals surface area contributed by atoms with E-state index >= 15 is 0 Å². The van der Waals surface area contributed by atoms with Crippen LogP contribution >= 0.6 is 11.3 Å². The number of benzene rings is 1. The van der Waals surface area contributed by atoms with Crippen molar-refractivity contribution in [2.24, 2.45) is 5.41 Å². The molecule has 0 fully saturated rings. The Morgan fingerprint density at radius 3 is 2.46 bits per heavy atom. The van der Waals surface area contributed by atoms with Crippen LogP contribution in [0.3, 0.4) is 0 Å². The van der Waals surface area contributed by atoms with Crippen LogP contribution in [0.25, 0.3) is 10.1 Å². The molecule has 24 heavy (non-hydrogen) atoms. The number of hydrogen-bond acceptors (Lipinski definition) is 5. The molecule has 0 saturated heterocycles. The molecule has 0 unspecified atom stereocenters. The standard InChI is InChI=1S/C17H20N2O4S/c1-17(2,3)12(20)9-23-13-10-7-5-6-8-11(10)24-14(13)15(21)19-16(22)18-4/h5-8H,9H2,1-4H3,(H2,18,19,21,22). The number of carbonyl (C=O) groups is 3. The van der Waals surface area contributed by atoms with Crippen LogP contribution in [0.5, 0.6) is 5.75 Å². The van der Waals surface area contributed by atoms with Gasteiger partial charge < -0.3 is 10.1 Å². The third kappa shape index (κ3) is 3.91. The number of rotatable bonds is 4. The van der Waals surface area contributed by atoms with Gasteiger partial charge in [0, 0.05) is 22.5 Å². The van der Waals surface area contributed by atoms with Gasteiger partial charge in [0.15, 0.2) is 11.5 Å². The van der Waals surface area contributed by atoms with Crippen molar-refractivity contribution in [1.29, 1.82) is 0 Å². The summed E-state index contributed by atoms with van der Waals surface area (Å²) < 4.78 is 6.53. The molecule has 0 saturated carbocycles. The van der Waals surface area contributed by atoms with Crippen molar-refractivity contribution < 1.29 is 19.1 Å². The van der Waals surface area contributed by atoms with Gasteiger partial charge in [0.05, 0.1) is 0 Å². The van der Waals surface area contributed by atoms with Gasteiger partial charge in [0.1, 0.15) is 11.5 Å². The first-order chi connectivity index (χ1) is 11.2. The van der Waals surface area contributed by atoms with Gasteiger partial charge in [-0.15, -0.1) is 11.3 Å². The van der Waals surface area contributed by atoms with E-state index in [-0.39, 0.29) is 17.3 Å². The van der Waals surface area contributed by atoms with Gasteiger partial charge in [0.2, 0.25) is 0 Å². The first kappa shape index (κ1) is 17.9. The van der Waals surface area contributed by atoms with Crippen molar-refractivity contribution in [2.45, 2.75) is 20.8 Å². The summed E-state index contributed by atoms with van der Waals surface area (Å²) in [5, 5.41) is 5.29. The van der Waals surface area contributed by atoms with E-state index in [0.29, 0.717) is 5.75 Å². The second-order valence-corrected chi connectivity index (χ2v) is 7.30. The van der Waals surface area contributed by atoms with E-state index in [4.69, 9.17) is 4.74 Å². The molecule has 0 aliphatic carbocycles. The number of nitrogens with one attached hydrogen (secondary N) is 2. The monoisotopic (exact) mass is 348 g/mol. The lowest BCUT2D eigenvalue weighted by atomic mass is 9.91. The molecular formula is C17H20N2O4S. The van der Waals surface area contributed by atoms with Crippen molar-refractivity contribution in [3.63, 3.8) is 0 Å². The zero-order valence-corrected chi connectivity index (χ0v) is 14.9. The zero-order valence-electron chi connectivity index (χ0n) is 14.1. The highest BCUT2D eigenvalue weighted by Gasteiger charge is 2.25. The third-order valence-electron chi connectivity index (χ3n) is 3.39. The Morgan fingerprint density at radius 1 is 1.17 bits per heavy atom. The molecule has 1 aromatic heterocycles. The molecule has 7 heteroatoms. The van der Waals surface area contributed by atoms with E-state index in [1.54, 1.807) is 0 Å². The molecule has 1 aromatic carbocycles. The van der Waals surface area contributed by atoms with E-state index in [1.165, 1.54) is 18.4 Å². The Labute approximate surface area is 144 Å². The quantitative estimate of drug-likeness (QED) is 0.890. The number of imide groups is 1. The van der Waals surface area contributed by atoms with Gasteiger partial charge in [-0.25, -0.2) is 4.79 Å². The second kappa shape index (κ2) is 7.00. The lowest BCUT2D eigenvalue weighted by Crippen LogP contribution is -2.37. The Morgan fingerprint density at radius 2 is 1.83 bits per heavy atom. The van der Waals surface area contributed by atoms with Crippen molar-refractivity contribution >= 4 is 39.1 Å². The predicted molar refractivity (Wildman–Crippen MR) is 93.7 cm³/mol. The Kier molecular flexibility index (Phi) is 5.23. The SMILES string of the molecule is CNC(=O)NC(=O)c1sc2ccccc2c1OCC(=O)C(C)(C)C. The van der Waals surface area contributed by atoms with Gasteiger partial charge in [-0.3, -0.25) is 14.9 Å². The lowest BCUT2D eigenvalue weighted by Gasteiger charge is -2.17. The summed E-state index contributed by atoms with van der Waals surface area (Å²) in [6.45, 7) is 5.29. The summed E-state index contributed by atoms with van der Waals surface area (Å²) in [6, 6.07) is 6.75. The van der Waals surface area contributed by atoms with Crippen molar-refractivity contribution in [3.05, 3.63) is 29.1 Å². The van der Waals surface area contributed by atoms with E-state index < -0.39 is 17.4 Å². The van der Waals surface area contributed by atoms with E-state index in [1.807, 2.05) is 45.0 Å². The van der Waals surface area contributed by atoms with Gasteiger partial charge in [-0.1, -0.05) is 32.9 Å². The summed E-state index contributed by atoms with van der Waals surface area (Å²) in [5.41, 5.74) is -0.531. The molecule has 2 aromatic rings. The lowest BCUT2D eigenvalue weighted by molar-refractivity contribution is -0.128. The van der Waals surface area contributed by atoms with Crippen molar-refractivity contribution in [1.82, 2.24) is 10.6 Å². The summed E-state index contributed by atoms with van der Waals surface area (Å²) in [6.07, 6.45) is 0. The maximum atomic E-state index is 12.3. The first-order valence-electron chi connectivity index (χ1n) is 7.44. The average molecular weight is 348 g/mol. The first-order valence-corrected chi connectivity index (χ1v) is 8.26. The molecule has 0 spiro atoms. The Balaban J connectivity index is 2.35. The number of ether oxygens (including phenoxy) is 1. The molecule has 0 bridgehead atoms. The fourth-order valence-electron chi connectivity index (χ4n) is 1.89. The van der Waals surface area contributed by atoms with Crippen LogP contribution in [0.1, 0.15) is 30.4 Å². The minimum absolute atomic E-state index is 0.0737. The highest BCUT2D eigenvalue weighted by molar-refractivity contribution is 7.21. The normalized spacial score (nSPS) is 11.2. The van der Waals surface area contributed by atoms with E-state index in [9.17, 15) is 14.4 Å². The summed E-state index contributed by atoms with van der Waals surface area (Å²) >= 11 is 1.22. The van der Waals surface area contributed by atoms with Gasteiger partial charge in [-0.05, 0) is 12.1 Å². The van der Waals surface area contributed by atoms with Gasteiger partial charge >= 0.3 is 6.03 Å². The van der Waals surface area contributed by atoms with Crippen molar-refractivity contribution in [3.8, 4) is 5.75 Å². The highest BCUT2D eigenvalue weighted by atomic mass is 32.1. The molecule has 2 N–H and O–H groups in total. The number of urea groups is 1. The van der Waals surface area contributed by atoms with E-state index in [2.05, 4.69) is 10.6 Å². The van der Waals surface area contributed by atoms with E-state index in [0.717, 1.165) is 10.1 Å². The van der Waals surface area contributed by atoms with Crippen LogP contribution in [0.15, 0.2) is 24.3 Å².